The van der Waals surface area contributed by atoms with Crippen LogP contribution in [0.1, 0.15) is 19.3 Å². The van der Waals surface area contributed by atoms with Gasteiger partial charge < -0.3 is 10.2 Å². The average Bonchev–Trinajstić information content (AvgIpc) is 2.65. The molecule has 1 aromatic rings. The van der Waals surface area contributed by atoms with Gasteiger partial charge in [-0.15, -0.1) is 0 Å². The molecule has 0 aliphatic heterocycles. The summed E-state index contributed by atoms with van der Waals surface area (Å²) < 4.78 is 5.14. The molecule has 0 bridgehead atoms. The van der Waals surface area contributed by atoms with Crippen LogP contribution in [0.4, 0.5) is 0 Å². The second kappa shape index (κ2) is 3.49. The van der Waals surface area contributed by atoms with Gasteiger partial charge in [-0.3, -0.25) is 0 Å². The third-order valence-electron chi connectivity index (χ3n) is 2.17. The molecule has 0 radical (unpaired) electrons. The summed E-state index contributed by atoms with van der Waals surface area (Å²) in [5.74, 6) is 0. The summed E-state index contributed by atoms with van der Waals surface area (Å²) in [5, 5.41) is 1.25. The van der Waals surface area contributed by atoms with Gasteiger partial charge in [-0.1, -0.05) is 18.2 Å². The van der Waals surface area contributed by atoms with Crippen LogP contribution in [0.3, 0.4) is 0 Å². The number of nitrogens with zero attached hydrogens (tertiary/aromatic N) is 1. The van der Waals surface area contributed by atoms with Gasteiger partial charge in [0, 0.05) is 11.3 Å². The fourth-order valence-electron chi connectivity index (χ4n) is 1.50. The number of thioether (sulfide) groups is 1. The van der Waals surface area contributed by atoms with Crippen LogP contribution >= 0.6 is 11.8 Å². The SMILES string of the molecule is NC1CCCC1Sc1ncco1. The van der Waals surface area contributed by atoms with Gasteiger partial charge in [-0.2, -0.15) is 0 Å². The molecule has 66 valence electrons. The van der Waals surface area contributed by atoms with Crippen LogP contribution in [0, 0.1) is 0 Å². The molecular weight excluding hydrogens is 172 g/mol. The van der Waals surface area contributed by atoms with Crippen molar-refractivity contribution in [1.29, 1.82) is 0 Å². The normalized spacial score (nSPS) is 29.4. The Bertz CT molecular complexity index is 237. The molecule has 2 atom stereocenters. The molecule has 1 aromatic heterocycles. The highest BCUT2D eigenvalue weighted by Gasteiger charge is 2.25. The zero-order valence-electron chi connectivity index (χ0n) is 6.77. The molecule has 1 fully saturated rings. The second-order valence-corrected chi connectivity index (χ2v) is 4.24. The molecule has 1 heterocycles. The van der Waals surface area contributed by atoms with Gasteiger partial charge in [0.2, 0.25) is 0 Å². The van der Waals surface area contributed by atoms with Gasteiger partial charge in [-0.05, 0) is 12.8 Å². The zero-order chi connectivity index (χ0) is 8.39. The summed E-state index contributed by atoms with van der Waals surface area (Å²) in [6.45, 7) is 0. The molecule has 1 aliphatic rings. The van der Waals surface area contributed by atoms with Crippen molar-refractivity contribution in [3.63, 3.8) is 0 Å². The first-order valence-corrected chi connectivity index (χ1v) is 5.06. The van der Waals surface area contributed by atoms with Crippen LogP contribution in [0.15, 0.2) is 22.1 Å². The summed E-state index contributed by atoms with van der Waals surface area (Å²) in [4.78, 5) is 4.05. The minimum absolute atomic E-state index is 0.321. The van der Waals surface area contributed by atoms with E-state index in [0.717, 1.165) is 11.6 Å². The first-order chi connectivity index (χ1) is 5.86. The predicted molar refractivity (Wildman–Crippen MR) is 48.0 cm³/mol. The number of oxazole rings is 1. The lowest BCUT2D eigenvalue weighted by molar-refractivity contribution is 0.452. The molecule has 0 spiro atoms. The molecule has 12 heavy (non-hydrogen) atoms. The standard InChI is InChI=1S/C8H12N2OS/c9-6-2-1-3-7(6)12-8-10-4-5-11-8/h4-7H,1-3,9H2. The van der Waals surface area contributed by atoms with Crippen LogP contribution < -0.4 is 5.73 Å². The van der Waals surface area contributed by atoms with E-state index in [1.165, 1.54) is 12.8 Å². The maximum Gasteiger partial charge on any atom is 0.255 e. The minimum atomic E-state index is 0.321. The lowest BCUT2D eigenvalue weighted by Gasteiger charge is -2.11. The van der Waals surface area contributed by atoms with Crippen LogP contribution in [0.25, 0.3) is 0 Å². The Hall–Kier alpha value is -0.480. The lowest BCUT2D eigenvalue weighted by atomic mass is 10.3. The van der Waals surface area contributed by atoms with Crippen molar-refractivity contribution in [3.05, 3.63) is 12.5 Å². The quantitative estimate of drug-likeness (QED) is 0.759. The fraction of sp³-hybridized carbons (Fsp3) is 0.625. The number of aromatic nitrogens is 1. The predicted octanol–water partition coefficient (Wildman–Crippen LogP) is 1.65. The first-order valence-electron chi connectivity index (χ1n) is 4.18. The maximum atomic E-state index is 5.91. The van der Waals surface area contributed by atoms with E-state index in [2.05, 4.69) is 4.98 Å². The Morgan fingerprint density at radius 1 is 1.58 bits per heavy atom. The molecule has 2 unspecified atom stereocenters. The summed E-state index contributed by atoms with van der Waals surface area (Å²) in [6.07, 6.45) is 6.83. The molecule has 3 nitrogen and oxygen atoms in total. The molecular formula is C8H12N2OS. The maximum absolute atomic E-state index is 5.91. The van der Waals surface area contributed by atoms with E-state index in [4.69, 9.17) is 10.2 Å². The van der Waals surface area contributed by atoms with Gasteiger partial charge >= 0.3 is 0 Å². The molecule has 0 aromatic carbocycles. The van der Waals surface area contributed by atoms with Gasteiger partial charge in [0.1, 0.15) is 6.26 Å². The van der Waals surface area contributed by atoms with Crippen molar-refractivity contribution in [2.45, 2.75) is 35.8 Å². The first kappa shape index (κ1) is 8.13. The van der Waals surface area contributed by atoms with E-state index < -0.39 is 0 Å². The summed E-state index contributed by atoms with van der Waals surface area (Å²) in [7, 11) is 0. The van der Waals surface area contributed by atoms with Crippen molar-refractivity contribution in [1.82, 2.24) is 4.98 Å². The van der Waals surface area contributed by atoms with E-state index in [9.17, 15) is 0 Å². The molecule has 2 rings (SSSR count). The van der Waals surface area contributed by atoms with Crippen molar-refractivity contribution >= 4 is 11.8 Å². The van der Waals surface area contributed by atoms with E-state index in [-0.39, 0.29) is 0 Å². The Morgan fingerprint density at radius 2 is 2.50 bits per heavy atom. The number of hydrogen-bond donors (Lipinski definition) is 1. The fourth-order valence-corrected chi connectivity index (χ4v) is 2.59. The highest BCUT2D eigenvalue weighted by molar-refractivity contribution is 7.99. The zero-order valence-corrected chi connectivity index (χ0v) is 7.59. The van der Waals surface area contributed by atoms with Gasteiger partial charge in [0.15, 0.2) is 0 Å². The average molecular weight is 184 g/mol. The highest BCUT2D eigenvalue weighted by Crippen LogP contribution is 2.32. The number of rotatable bonds is 2. The summed E-state index contributed by atoms with van der Waals surface area (Å²) >= 11 is 1.66. The monoisotopic (exact) mass is 184 g/mol. The van der Waals surface area contributed by atoms with Crippen molar-refractivity contribution < 1.29 is 4.42 Å². The summed E-state index contributed by atoms with van der Waals surface area (Å²) in [6, 6.07) is 0.321. The topological polar surface area (TPSA) is 52.0 Å². The van der Waals surface area contributed by atoms with E-state index in [1.54, 1.807) is 24.2 Å². The lowest BCUT2D eigenvalue weighted by Crippen LogP contribution is -2.26. The molecule has 4 heteroatoms. The molecule has 2 N–H and O–H groups in total. The Morgan fingerprint density at radius 3 is 3.08 bits per heavy atom. The van der Waals surface area contributed by atoms with Gasteiger partial charge in [0.25, 0.3) is 5.22 Å². The summed E-state index contributed by atoms with van der Waals surface area (Å²) in [5.41, 5.74) is 5.91. The Labute approximate surface area is 75.7 Å². The second-order valence-electron chi connectivity index (χ2n) is 3.05. The molecule has 1 aliphatic carbocycles. The molecule has 0 saturated heterocycles. The Kier molecular flexibility index (Phi) is 2.37. The van der Waals surface area contributed by atoms with Crippen molar-refractivity contribution in [3.8, 4) is 0 Å². The third-order valence-corrected chi connectivity index (χ3v) is 3.46. The van der Waals surface area contributed by atoms with Crippen LogP contribution in [0.5, 0.6) is 0 Å². The van der Waals surface area contributed by atoms with Gasteiger partial charge in [0.05, 0.1) is 6.20 Å². The van der Waals surface area contributed by atoms with Crippen LogP contribution in [-0.2, 0) is 0 Å². The molecule has 0 amide bonds. The van der Waals surface area contributed by atoms with E-state index in [1.807, 2.05) is 0 Å². The Balaban J connectivity index is 1.95. The van der Waals surface area contributed by atoms with Crippen LogP contribution in [0.2, 0.25) is 0 Å². The van der Waals surface area contributed by atoms with Crippen molar-refractivity contribution in [2.75, 3.05) is 0 Å². The van der Waals surface area contributed by atoms with Gasteiger partial charge in [-0.25, -0.2) is 4.98 Å². The number of nitrogens with two attached hydrogens (primary N) is 1. The number of hydrogen-bond acceptors (Lipinski definition) is 4. The van der Waals surface area contributed by atoms with Crippen molar-refractivity contribution in [2.24, 2.45) is 5.73 Å². The minimum Gasteiger partial charge on any atom is -0.440 e. The molecule has 1 saturated carbocycles. The van der Waals surface area contributed by atoms with Crippen LogP contribution in [-0.4, -0.2) is 16.3 Å². The van der Waals surface area contributed by atoms with E-state index >= 15 is 0 Å². The highest BCUT2D eigenvalue weighted by atomic mass is 32.2. The smallest absolute Gasteiger partial charge is 0.255 e. The van der Waals surface area contributed by atoms with E-state index in [0.29, 0.717) is 11.3 Å². The third kappa shape index (κ3) is 1.64. The largest absolute Gasteiger partial charge is 0.440 e.